The Morgan fingerprint density at radius 2 is 1.60 bits per heavy atom. The molecule has 0 saturated carbocycles. The lowest BCUT2D eigenvalue weighted by Crippen LogP contribution is -2.43. The Labute approximate surface area is 94.9 Å². The normalized spacial score (nSPS) is 23.0. The molecule has 1 rings (SSSR count). The molecule has 0 N–H and O–H groups in total. The summed E-state index contributed by atoms with van der Waals surface area (Å²) in [4.78, 5) is 2.42. The van der Waals surface area contributed by atoms with Crippen molar-refractivity contribution in [3.63, 3.8) is 0 Å². The van der Waals surface area contributed by atoms with Crippen LogP contribution in [0.4, 0.5) is 0 Å². The Bertz CT molecular complexity index is 283. The van der Waals surface area contributed by atoms with Crippen LogP contribution in [-0.4, -0.2) is 18.0 Å². The van der Waals surface area contributed by atoms with Gasteiger partial charge in [0.05, 0.1) is 6.04 Å². The molecular formula is C14H25N. The molecule has 0 fully saturated rings. The predicted octanol–water partition coefficient (Wildman–Crippen LogP) is 3.83. The highest BCUT2D eigenvalue weighted by atomic mass is 15.2. The zero-order valence-corrected chi connectivity index (χ0v) is 11.3. The average molecular weight is 207 g/mol. The Kier molecular flexibility index (Phi) is 3.04. The summed E-state index contributed by atoms with van der Waals surface area (Å²) in [5.41, 5.74) is 1.93. The van der Waals surface area contributed by atoms with Crippen molar-refractivity contribution < 1.29 is 0 Å². The maximum Gasteiger partial charge on any atom is 0.0518 e. The molecule has 1 unspecified atom stereocenters. The Balaban J connectivity index is 2.99. The molecule has 1 nitrogen and oxygen atoms in total. The van der Waals surface area contributed by atoms with Gasteiger partial charge in [0.2, 0.25) is 0 Å². The van der Waals surface area contributed by atoms with E-state index in [1.54, 1.807) is 0 Å². The van der Waals surface area contributed by atoms with Gasteiger partial charge in [0.1, 0.15) is 0 Å². The first-order chi connectivity index (χ1) is 6.64. The number of likely N-dealkylation sites (N-methyl/N-ethyl adjacent to an activating group) is 1. The highest BCUT2D eigenvalue weighted by molar-refractivity contribution is 5.25. The van der Waals surface area contributed by atoms with E-state index in [0.717, 1.165) is 0 Å². The molecule has 0 saturated heterocycles. The van der Waals surface area contributed by atoms with Crippen molar-refractivity contribution in [2.24, 2.45) is 10.8 Å². The van der Waals surface area contributed by atoms with E-state index < -0.39 is 0 Å². The summed E-state index contributed by atoms with van der Waals surface area (Å²) in [5.74, 6) is 0. The smallest absolute Gasteiger partial charge is 0.0518 e. The second kappa shape index (κ2) is 3.70. The summed E-state index contributed by atoms with van der Waals surface area (Å²) in [6.45, 7) is 13.7. The first-order valence-corrected chi connectivity index (χ1v) is 5.76. The first kappa shape index (κ1) is 12.4. The Hall–Kier alpha value is -0.720. The van der Waals surface area contributed by atoms with Gasteiger partial charge >= 0.3 is 0 Å². The lowest BCUT2D eigenvalue weighted by atomic mass is 9.81. The second-order valence-corrected chi connectivity index (χ2v) is 6.61. The molecule has 0 spiro atoms. The SMILES string of the molecule is CN1C(C(C)(C)C)=CC=CC1C(C)(C)C. The van der Waals surface area contributed by atoms with Gasteiger partial charge in [0.15, 0.2) is 0 Å². The fourth-order valence-electron chi connectivity index (χ4n) is 2.30. The van der Waals surface area contributed by atoms with Crippen molar-refractivity contribution in [3.8, 4) is 0 Å². The van der Waals surface area contributed by atoms with Crippen LogP contribution in [0.2, 0.25) is 0 Å². The summed E-state index contributed by atoms with van der Waals surface area (Å²) >= 11 is 0. The predicted molar refractivity (Wildman–Crippen MR) is 67.7 cm³/mol. The van der Waals surface area contributed by atoms with Crippen molar-refractivity contribution in [1.82, 2.24) is 4.90 Å². The summed E-state index contributed by atoms with van der Waals surface area (Å²) in [6.07, 6.45) is 6.74. The van der Waals surface area contributed by atoms with Crippen LogP contribution in [0.5, 0.6) is 0 Å². The molecule has 0 aromatic heterocycles. The number of allylic oxidation sites excluding steroid dienone is 3. The minimum absolute atomic E-state index is 0.225. The van der Waals surface area contributed by atoms with Gasteiger partial charge in [-0.3, -0.25) is 0 Å². The van der Waals surface area contributed by atoms with Crippen molar-refractivity contribution in [2.45, 2.75) is 47.6 Å². The van der Waals surface area contributed by atoms with Gasteiger partial charge in [-0.2, -0.15) is 0 Å². The van der Waals surface area contributed by atoms with Gasteiger partial charge in [0.25, 0.3) is 0 Å². The van der Waals surface area contributed by atoms with Crippen LogP contribution in [0.15, 0.2) is 23.9 Å². The number of hydrogen-bond donors (Lipinski definition) is 0. The van der Waals surface area contributed by atoms with E-state index in [-0.39, 0.29) is 10.8 Å². The standard InChI is InChI=1S/C14H25N/c1-13(2,3)11-9-8-10-12(15(11)7)14(4,5)6/h8-11H,1-7H3. The molecule has 0 aromatic carbocycles. The van der Waals surface area contributed by atoms with E-state index in [2.05, 4.69) is 71.7 Å². The van der Waals surface area contributed by atoms with Crippen molar-refractivity contribution in [2.75, 3.05) is 7.05 Å². The Morgan fingerprint density at radius 3 is 2.00 bits per heavy atom. The maximum absolute atomic E-state index is 2.42. The number of rotatable bonds is 0. The van der Waals surface area contributed by atoms with Gasteiger partial charge in [-0.25, -0.2) is 0 Å². The van der Waals surface area contributed by atoms with Crippen LogP contribution in [0.1, 0.15) is 41.5 Å². The molecule has 0 amide bonds. The lowest BCUT2D eigenvalue weighted by molar-refractivity contribution is 0.168. The van der Waals surface area contributed by atoms with E-state index in [4.69, 9.17) is 0 Å². The molecule has 1 aliphatic heterocycles. The van der Waals surface area contributed by atoms with Gasteiger partial charge in [0, 0.05) is 18.2 Å². The van der Waals surface area contributed by atoms with E-state index >= 15 is 0 Å². The summed E-state index contributed by atoms with van der Waals surface area (Å²) in [6, 6.07) is 0.497. The second-order valence-electron chi connectivity index (χ2n) is 6.61. The van der Waals surface area contributed by atoms with E-state index in [0.29, 0.717) is 6.04 Å². The molecule has 0 aliphatic carbocycles. The molecule has 1 aliphatic rings. The van der Waals surface area contributed by atoms with Gasteiger partial charge in [-0.05, 0) is 11.5 Å². The summed E-state index contributed by atoms with van der Waals surface area (Å²) in [7, 11) is 2.20. The van der Waals surface area contributed by atoms with Crippen molar-refractivity contribution in [1.29, 1.82) is 0 Å². The summed E-state index contributed by atoms with van der Waals surface area (Å²) < 4.78 is 0. The third kappa shape index (κ3) is 2.64. The van der Waals surface area contributed by atoms with Gasteiger partial charge in [-0.1, -0.05) is 53.7 Å². The molecule has 86 valence electrons. The van der Waals surface area contributed by atoms with Crippen LogP contribution in [0.25, 0.3) is 0 Å². The molecule has 1 heteroatoms. The topological polar surface area (TPSA) is 3.24 Å². The monoisotopic (exact) mass is 207 g/mol. The third-order valence-electron chi connectivity index (χ3n) is 3.00. The first-order valence-electron chi connectivity index (χ1n) is 5.76. The quantitative estimate of drug-likeness (QED) is 0.583. The van der Waals surface area contributed by atoms with Crippen LogP contribution in [-0.2, 0) is 0 Å². The van der Waals surface area contributed by atoms with Crippen molar-refractivity contribution >= 4 is 0 Å². The molecule has 0 aromatic rings. The lowest BCUT2D eigenvalue weighted by Gasteiger charge is -2.44. The summed E-state index contributed by atoms with van der Waals surface area (Å²) in [5, 5.41) is 0. The van der Waals surface area contributed by atoms with Crippen LogP contribution >= 0.6 is 0 Å². The van der Waals surface area contributed by atoms with Gasteiger partial charge in [-0.15, -0.1) is 0 Å². The molecular weight excluding hydrogens is 182 g/mol. The molecule has 1 heterocycles. The molecule has 15 heavy (non-hydrogen) atoms. The molecule has 1 atom stereocenters. The minimum Gasteiger partial charge on any atom is -0.370 e. The van der Waals surface area contributed by atoms with Crippen LogP contribution in [0, 0.1) is 10.8 Å². The van der Waals surface area contributed by atoms with Crippen LogP contribution < -0.4 is 0 Å². The van der Waals surface area contributed by atoms with Crippen molar-refractivity contribution in [3.05, 3.63) is 23.9 Å². The fourth-order valence-corrected chi connectivity index (χ4v) is 2.30. The number of hydrogen-bond acceptors (Lipinski definition) is 1. The highest BCUT2D eigenvalue weighted by Gasteiger charge is 2.32. The minimum atomic E-state index is 0.225. The fraction of sp³-hybridized carbons (Fsp3) is 0.714. The third-order valence-corrected chi connectivity index (χ3v) is 3.00. The largest absolute Gasteiger partial charge is 0.370 e. The molecule has 0 radical (unpaired) electrons. The maximum atomic E-state index is 2.42. The zero-order chi connectivity index (χ0) is 11.9. The van der Waals surface area contributed by atoms with E-state index in [1.807, 2.05) is 0 Å². The van der Waals surface area contributed by atoms with Crippen LogP contribution in [0.3, 0.4) is 0 Å². The highest BCUT2D eigenvalue weighted by Crippen LogP contribution is 2.36. The van der Waals surface area contributed by atoms with Gasteiger partial charge < -0.3 is 4.90 Å². The zero-order valence-electron chi connectivity index (χ0n) is 11.3. The Morgan fingerprint density at radius 1 is 1.07 bits per heavy atom. The van der Waals surface area contributed by atoms with E-state index in [1.165, 1.54) is 5.70 Å². The van der Waals surface area contributed by atoms with E-state index in [9.17, 15) is 0 Å². The average Bonchev–Trinajstić information content (AvgIpc) is 1.99. The number of nitrogens with zero attached hydrogens (tertiary/aromatic N) is 1. The molecule has 0 bridgehead atoms.